The number of benzene rings is 1. The molecule has 1 aliphatic heterocycles. The highest BCUT2D eigenvalue weighted by Crippen LogP contribution is 2.39. The number of hydrogen-bond donors (Lipinski definition) is 0. The summed E-state index contributed by atoms with van der Waals surface area (Å²) in [6, 6.07) is 16.9. The van der Waals surface area contributed by atoms with Gasteiger partial charge in [-0.25, -0.2) is 4.98 Å². The Balaban J connectivity index is 1.41. The number of rotatable bonds is 4. The fourth-order valence-corrected chi connectivity index (χ4v) is 5.80. The SMILES string of the molecule is Cn1c(=O)cc(N2CCN(C(c3ccccc3)C3CCCCC3)CC2)c2nc(Cl)ccc21. The molecule has 0 spiro atoms. The van der Waals surface area contributed by atoms with Crippen molar-refractivity contribution in [2.75, 3.05) is 31.1 Å². The van der Waals surface area contributed by atoms with Crippen LogP contribution in [0.15, 0.2) is 53.3 Å². The van der Waals surface area contributed by atoms with E-state index in [0.29, 0.717) is 11.2 Å². The fourth-order valence-electron chi connectivity index (χ4n) is 5.65. The van der Waals surface area contributed by atoms with Crippen molar-refractivity contribution in [3.63, 3.8) is 0 Å². The van der Waals surface area contributed by atoms with Crippen molar-refractivity contribution in [3.8, 4) is 0 Å². The molecule has 1 atom stereocenters. The van der Waals surface area contributed by atoms with Crippen LogP contribution in [0.4, 0.5) is 5.69 Å². The normalized spacial score (nSPS) is 19.4. The van der Waals surface area contributed by atoms with Crippen LogP contribution in [-0.4, -0.2) is 40.6 Å². The van der Waals surface area contributed by atoms with Gasteiger partial charge in [0.1, 0.15) is 10.7 Å². The lowest BCUT2D eigenvalue weighted by atomic mass is 9.80. The minimum Gasteiger partial charge on any atom is -0.367 e. The van der Waals surface area contributed by atoms with Gasteiger partial charge in [-0.15, -0.1) is 0 Å². The number of aromatic nitrogens is 2. The van der Waals surface area contributed by atoms with Gasteiger partial charge < -0.3 is 9.47 Å². The molecule has 1 unspecified atom stereocenters. The average molecular weight is 451 g/mol. The molecule has 5 nitrogen and oxygen atoms in total. The van der Waals surface area contributed by atoms with E-state index in [4.69, 9.17) is 11.6 Å². The third kappa shape index (κ3) is 4.16. The lowest BCUT2D eigenvalue weighted by molar-refractivity contribution is 0.110. The molecule has 2 aliphatic rings. The van der Waals surface area contributed by atoms with Gasteiger partial charge >= 0.3 is 0 Å². The van der Waals surface area contributed by atoms with Crippen molar-refractivity contribution in [3.05, 3.63) is 69.6 Å². The van der Waals surface area contributed by atoms with Crippen molar-refractivity contribution >= 4 is 28.3 Å². The zero-order chi connectivity index (χ0) is 22.1. The molecule has 0 radical (unpaired) electrons. The van der Waals surface area contributed by atoms with Crippen molar-refractivity contribution in [2.45, 2.75) is 38.1 Å². The Morgan fingerprint density at radius 3 is 2.41 bits per heavy atom. The molecule has 3 heterocycles. The van der Waals surface area contributed by atoms with Crippen molar-refractivity contribution in [1.82, 2.24) is 14.5 Å². The second-order valence-electron chi connectivity index (χ2n) is 9.21. The van der Waals surface area contributed by atoms with Crippen LogP contribution in [0.25, 0.3) is 11.0 Å². The zero-order valence-corrected chi connectivity index (χ0v) is 19.5. The Bertz CT molecular complexity index is 1130. The predicted molar refractivity (Wildman–Crippen MR) is 132 cm³/mol. The van der Waals surface area contributed by atoms with Crippen molar-refractivity contribution in [2.24, 2.45) is 13.0 Å². The fraction of sp³-hybridized carbons (Fsp3) is 0.462. The molecule has 32 heavy (non-hydrogen) atoms. The van der Waals surface area contributed by atoms with Crippen molar-refractivity contribution in [1.29, 1.82) is 0 Å². The second kappa shape index (κ2) is 9.24. The quantitative estimate of drug-likeness (QED) is 0.523. The number of aryl methyl sites for hydroxylation is 1. The van der Waals surface area contributed by atoms with Gasteiger partial charge in [0.15, 0.2) is 0 Å². The molecule has 1 aliphatic carbocycles. The third-order valence-corrected chi connectivity index (χ3v) is 7.53. The van der Waals surface area contributed by atoms with E-state index in [1.165, 1.54) is 37.7 Å². The molecule has 0 amide bonds. The number of hydrogen-bond acceptors (Lipinski definition) is 4. The Morgan fingerprint density at radius 1 is 0.969 bits per heavy atom. The lowest BCUT2D eigenvalue weighted by Crippen LogP contribution is -2.49. The first kappa shape index (κ1) is 21.5. The highest BCUT2D eigenvalue weighted by Gasteiger charge is 2.32. The van der Waals surface area contributed by atoms with Crippen LogP contribution in [0.5, 0.6) is 0 Å². The van der Waals surface area contributed by atoms with Gasteiger partial charge in [0.05, 0.1) is 11.2 Å². The summed E-state index contributed by atoms with van der Waals surface area (Å²) in [6.07, 6.45) is 6.71. The first-order valence-corrected chi connectivity index (χ1v) is 12.2. The van der Waals surface area contributed by atoms with Crippen LogP contribution in [0.3, 0.4) is 0 Å². The van der Waals surface area contributed by atoms with Crippen LogP contribution in [0, 0.1) is 5.92 Å². The van der Waals surface area contributed by atoms with Gasteiger partial charge in [0, 0.05) is 45.3 Å². The molecule has 3 aromatic rings. The van der Waals surface area contributed by atoms with E-state index < -0.39 is 0 Å². The summed E-state index contributed by atoms with van der Waals surface area (Å²) < 4.78 is 1.65. The van der Waals surface area contributed by atoms with Crippen LogP contribution in [0.2, 0.25) is 5.15 Å². The molecular weight excluding hydrogens is 420 g/mol. The predicted octanol–water partition coefficient (Wildman–Crippen LogP) is 5.03. The maximum absolute atomic E-state index is 12.6. The Labute approximate surface area is 194 Å². The molecule has 2 aromatic heterocycles. The molecule has 0 bridgehead atoms. The molecule has 1 aromatic carbocycles. The van der Waals surface area contributed by atoms with E-state index in [1.54, 1.807) is 23.7 Å². The second-order valence-corrected chi connectivity index (χ2v) is 9.59. The summed E-state index contributed by atoms with van der Waals surface area (Å²) in [5.74, 6) is 0.725. The van der Waals surface area contributed by atoms with Crippen LogP contribution in [-0.2, 0) is 7.05 Å². The van der Waals surface area contributed by atoms with Gasteiger partial charge in [0.2, 0.25) is 0 Å². The van der Waals surface area contributed by atoms with E-state index in [-0.39, 0.29) is 5.56 Å². The summed E-state index contributed by atoms with van der Waals surface area (Å²) in [5.41, 5.74) is 3.96. The Kier molecular flexibility index (Phi) is 6.20. The molecule has 0 N–H and O–H groups in total. The third-order valence-electron chi connectivity index (χ3n) is 7.32. The summed E-state index contributed by atoms with van der Waals surface area (Å²) in [7, 11) is 1.79. The van der Waals surface area contributed by atoms with E-state index >= 15 is 0 Å². The topological polar surface area (TPSA) is 41.4 Å². The van der Waals surface area contributed by atoms with Gasteiger partial charge in [-0.1, -0.05) is 61.2 Å². The summed E-state index contributed by atoms with van der Waals surface area (Å²) in [6.45, 7) is 3.72. The van der Waals surface area contributed by atoms with Crippen LogP contribution >= 0.6 is 11.6 Å². The molecule has 2 fully saturated rings. The summed E-state index contributed by atoms with van der Waals surface area (Å²) >= 11 is 6.22. The van der Waals surface area contributed by atoms with E-state index in [0.717, 1.165) is 48.8 Å². The maximum Gasteiger partial charge on any atom is 0.252 e. The molecule has 1 saturated carbocycles. The lowest BCUT2D eigenvalue weighted by Gasteiger charge is -2.44. The van der Waals surface area contributed by atoms with E-state index in [2.05, 4.69) is 45.1 Å². The number of anilines is 1. The molecule has 6 heteroatoms. The van der Waals surface area contributed by atoms with Crippen LogP contribution in [0.1, 0.15) is 43.7 Å². The monoisotopic (exact) mass is 450 g/mol. The first-order chi connectivity index (χ1) is 15.6. The standard InChI is InChI=1S/C26H31ClN4O/c1-29-21-12-13-23(27)28-25(21)22(18-24(29)32)30-14-16-31(17-15-30)26(19-8-4-2-5-9-19)20-10-6-3-7-11-20/h2,4-5,8-9,12-13,18,20,26H,3,6-7,10-11,14-17H2,1H3. The zero-order valence-electron chi connectivity index (χ0n) is 18.7. The number of piperazine rings is 1. The van der Waals surface area contributed by atoms with Crippen LogP contribution < -0.4 is 10.5 Å². The number of halogens is 1. The number of nitrogens with zero attached hydrogens (tertiary/aromatic N) is 4. The number of pyridine rings is 2. The summed E-state index contributed by atoms with van der Waals surface area (Å²) in [4.78, 5) is 22.2. The molecular formula is C26H31ClN4O. The highest BCUT2D eigenvalue weighted by atomic mass is 35.5. The smallest absolute Gasteiger partial charge is 0.252 e. The number of fused-ring (bicyclic) bond motifs is 1. The molecule has 1 saturated heterocycles. The first-order valence-electron chi connectivity index (χ1n) is 11.8. The molecule has 5 rings (SSSR count). The molecule has 168 valence electrons. The highest BCUT2D eigenvalue weighted by molar-refractivity contribution is 6.29. The average Bonchev–Trinajstić information content (AvgIpc) is 2.83. The Morgan fingerprint density at radius 2 is 1.69 bits per heavy atom. The van der Waals surface area contributed by atoms with E-state index in [9.17, 15) is 4.79 Å². The Hall–Kier alpha value is -2.37. The maximum atomic E-state index is 12.6. The van der Waals surface area contributed by atoms with E-state index in [1.807, 2.05) is 6.07 Å². The minimum atomic E-state index is -0.0107. The van der Waals surface area contributed by atoms with Gasteiger partial charge in [-0.2, -0.15) is 0 Å². The minimum absolute atomic E-state index is 0.0107. The van der Waals surface area contributed by atoms with Crippen molar-refractivity contribution < 1.29 is 0 Å². The van der Waals surface area contributed by atoms with Gasteiger partial charge in [-0.3, -0.25) is 9.69 Å². The summed E-state index contributed by atoms with van der Waals surface area (Å²) in [5, 5.41) is 0.456. The van der Waals surface area contributed by atoms with Gasteiger partial charge in [0.25, 0.3) is 5.56 Å². The largest absolute Gasteiger partial charge is 0.367 e. The van der Waals surface area contributed by atoms with Gasteiger partial charge in [-0.05, 0) is 36.5 Å².